The highest BCUT2D eigenvalue weighted by atomic mass is 19.4. The molecule has 28 heavy (non-hydrogen) atoms. The lowest BCUT2D eigenvalue weighted by Gasteiger charge is -2.25. The first-order chi connectivity index (χ1) is 13.2. The van der Waals surface area contributed by atoms with Gasteiger partial charge in [-0.05, 0) is 31.0 Å². The number of carboxylic acids is 1. The summed E-state index contributed by atoms with van der Waals surface area (Å²) in [6.45, 7) is 6.65. The Hall–Kier alpha value is -2.55. The second-order valence-electron chi connectivity index (χ2n) is 6.53. The Bertz CT molecular complexity index is 723. The molecule has 1 aromatic rings. The van der Waals surface area contributed by atoms with Gasteiger partial charge in [-0.15, -0.1) is 6.58 Å². The van der Waals surface area contributed by atoms with Gasteiger partial charge in [0.15, 0.2) is 0 Å². The van der Waals surface area contributed by atoms with Gasteiger partial charge in [-0.3, -0.25) is 9.69 Å². The van der Waals surface area contributed by atoms with Gasteiger partial charge in [0.25, 0.3) is 5.91 Å². The van der Waals surface area contributed by atoms with Crippen molar-refractivity contribution >= 4 is 11.9 Å². The molecule has 0 spiro atoms. The van der Waals surface area contributed by atoms with E-state index < -0.39 is 12.1 Å². The van der Waals surface area contributed by atoms with Crippen molar-refractivity contribution in [3.05, 3.63) is 42.5 Å². The van der Waals surface area contributed by atoms with E-state index in [4.69, 9.17) is 14.6 Å². The Morgan fingerprint density at radius 1 is 1.29 bits per heavy atom. The number of amides is 1. The molecule has 0 radical (unpaired) electrons. The average Bonchev–Trinajstić information content (AvgIpc) is 3.24. The topological polar surface area (TPSA) is 70.1 Å². The fourth-order valence-electron chi connectivity index (χ4n) is 3.64. The van der Waals surface area contributed by atoms with E-state index in [-0.39, 0.29) is 5.91 Å². The van der Waals surface area contributed by atoms with E-state index in [2.05, 4.69) is 11.5 Å². The van der Waals surface area contributed by atoms with E-state index in [0.717, 1.165) is 43.8 Å². The number of benzene rings is 1. The number of carboxylic acid groups (broad SMARTS) is 1. The normalized spacial score (nSPS) is 21.5. The Morgan fingerprint density at radius 3 is 2.50 bits per heavy atom. The number of hydrogen-bond acceptors (Lipinski definition) is 4. The van der Waals surface area contributed by atoms with Crippen LogP contribution in [0.3, 0.4) is 0 Å². The van der Waals surface area contributed by atoms with Gasteiger partial charge in [-0.25, -0.2) is 4.79 Å². The van der Waals surface area contributed by atoms with Crippen LogP contribution in [0, 0.1) is 0 Å². The maximum Gasteiger partial charge on any atom is 0.490 e. The number of nitrogens with zero attached hydrogens (tertiary/aromatic N) is 2. The number of methoxy groups -OCH3 is 1. The lowest BCUT2D eigenvalue weighted by molar-refractivity contribution is -0.192. The summed E-state index contributed by atoms with van der Waals surface area (Å²) in [7, 11) is 1.62. The number of likely N-dealkylation sites (tertiary alicyclic amines) is 2. The maximum absolute atomic E-state index is 12.8. The van der Waals surface area contributed by atoms with Gasteiger partial charge in [0.05, 0.1) is 7.11 Å². The zero-order valence-corrected chi connectivity index (χ0v) is 15.5. The Labute approximate surface area is 161 Å². The van der Waals surface area contributed by atoms with E-state index in [1.54, 1.807) is 7.11 Å². The van der Waals surface area contributed by atoms with Crippen LogP contribution in [0.25, 0.3) is 0 Å². The van der Waals surface area contributed by atoms with E-state index in [0.29, 0.717) is 12.1 Å². The molecule has 2 saturated heterocycles. The highest BCUT2D eigenvalue weighted by molar-refractivity contribution is 5.95. The van der Waals surface area contributed by atoms with Crippen molar-refractivity contribution in [2.45, 2.75) is 31.1 Å². The van der Waals surface area contributed by atoms with Crippen LogP contribution in [0.5, 0.6) is 5.75 Å². The molecule has 0 unspecified atom stereocenters. The molecular weight excluding hydrogens is 377 g/mol. The van der Waals surface area contributed by atoms with Crippen LogP contribution in [0.4, 0.5) is 13.2 Å². The van der Waals surface area contributed by atoms with Crippen molar-refractivity contribution < 1.29 is 32.6 Å². The average molecular weight is 400 g/mol. The van der Waals surface area contributed by atoms with Crippen molar-refractivity contribution in [2.75, 3.05) is 26.7 Å². The van der Waals surface area contributed by atoms with E-state index >= 15 is 0 Å². The lowest BCUT2D eigenvalue weighted by Crippen LogP contribution is -2.39. The highest BCUT2D eigenvalue weighted by Gasteiger charge is 2.44. The zero-order valence-electron chi connectivity index (χ0n) is 15.5. The molecule has 2 atom stereocenters. The van der Waals surface area contributed by atoms with Crippen molar-refractivity contribution in [3.8, 4) is 5.75 Å². The van der Waals surface area contributed by atoms with Crippen LogP contribution in [-0.4, -0.2) is 71.8 Å². The van der Waals surface area contributed by atoms with Gasteiger partial charge in [-0.1, -0.05) is 12.1 Å². The maximum atomic E-state index is 12.8. The van der Waals surface area contributed by atoms with Gasteiger partial charge in [0.2, 0.25) is 0 Å². The molecule has 2 aliphatic rings. The molecule has 6 nitrogen and oxygen atoms in total. The van der Waals surface area contributed by atoms with Crippen LogP contribution in [-0.2, 0) is 4.79 Å². The Morgan fingerprint density at radius 2 is 1.93 bits per heavy atom. The first-order valence-electron chi connectivity index (χ1n) is 8.79. The second-order valence-corrected chi connectivity index (χ2v) is 6.53. The summed E-state index contributed by atoms with van der Waals surface area (Å²) in [6.07, 6.45) is -1.00. The molecule has 2 fully saturated rings. The van der Waals surface area contributed by atoms with Crippen LogP contribution >= 0.6 is 0 Å². The third kappa shape index (κ3) is 5.03. The molecule has 0 bridgehead atoms. The SMILES string of the molecule is C=CCN1CC[C@@H]2[C@@H]1CCN2C(=O)c1cccc(OC)c1.O=C(O)C(F)(F)F. The highest BCUT2D eigenvalue weighted by Crippen LogP contribution is 2.32. The third-order valence-corrected chi connectivity index (χ3v) is 4.88. The molecule has 2 heterocycles. The molecule has 0 saturated carbocycles. The molecule has 9 heteroatoms. The molecule has 1 aromatic carbocycles. The fourth-order valence-corrected chi connectivity index (χ4v) is 3.64. The largest absolute Gasteiger partial charge is 0.497 e. The van der Waals surface area contributed by atoms with Gasteiger partial charge in [0, 0.05) is 37.3 Å². The molecule has 2 aliphatic heterocycles. The third-order valence-electron chi connectivity index (χ3n) is 4.88. The summed E-state index contributed by atoms with van der Waals surface area (Å²) >= 11 is 0. The predicted molar refractivity (Wildman–Crippen MR) is 96.3 cm³/mol. The minimum absolute atomic E-state index is 0.127. The number of alkyl halides is 3. The van der Waals surface area contributed by atoms with Gasteiger partial charge in [0.1, 0.15) is 5.75 Å². The van der Waals surface area contributed by atoms with Crippen molar-refractivity contribution in [2.24, 2.45) is 0 Å². The molecule has 3 rings (SSSR count). The number of rotatable bonds is 4. The number of halogens is 3. The quantitative estimate of drug-likeness (QED) is 0.787. The first-order valence-corrected chi connectivity index (χ1v) is 8.79. The van der Waals surface area contributed by atoms with Gasteiger partial charge in [-0.2, -0.15) is 13.2 Å². The minimum Gasteiger partial charge on any atom is -0.497 e. The van der Waals surface area contributed by atoms with Crippen molar-refractivity contribution in [1.82, 2.24) is 9.80 Å². The molecule has 1 amide bonds. The molecular formula is C19H23F3N2O4. The Kier molecular flexibility index (Phi) is 7.06. The van der Waals surface area contributed by atoms with E-state index in [1.165, 1.54) is 0 Å². The standard InChI is InChI=1S/C17H22N2O2.C2HF3O2/c1-3-9-18-10-7-16-15(18)8-11-19(16)17(20)13-5-4-6-14(12-13)21-2;3-2(4,5)1(6)7/h3-6,12,15-16H,1,7-11H2,2H3;(H,6,7)/t15-,16+;/m0./s1. The number of aliphatic carboxylic acids is 1. The van der Waals surface area contributed by atoms with E-state index in [1.807, 2.05) is 35.2 Å². The van der Waals surface area contributed by atoms with Crippen LogP contribution in [0.1, 0.15) is 23.2 Å². The fraction of sp³-hybridized carbons (Fsp3) is 0.474. The van der Waals surface area contributed by atoms with Crippen LogP contribution in [0.2, 0.25) is 0 Å². The zero-order chi connectivity index (χ0) is 20.9. The monoisotopic (exact) mass is 400 g/mol. The summed E-state index contributed by atoms with van der Waals surface area (Å²) in [5.41, 5.74) is 0.720. The van der Waals surface area contributed by atoms with Gasteiger partial charge >= 0.3 is 12.1 Å². The number of ether oxygens (including phenoxy) is 1. The molecule has 1 N–H and O–H groups in total. The number of fused-ring (bicyclic) bond motifs is 1. The van der Waals surface area contributed by atoms with Gasteiger partial charge < -0.3 is 14.7 Å². The number of carbonyl (C=O) groups excluding carboxylic acids is 1. The second kappa shape index (κ2) is 9.09. The van der Waals surface area contributed by atoms with Crippen molar-refractivity contribution in [1.29, 1.82) is 0 Å². The number of carbonyl (C=O) groups is 2. The van der Waals surface area contributed by atoms with Crippen molar-refractivity contribution in [3.63, 3.8) is 0 Å². The van der Waals surface area contributed by atoms with E-state index in [9.17, 15) is 18.0 Å². The summed E-state index contributed by atoms with van der Waals surface area (Å²) in [5.74, 6) is -1.90. The summed E-state index contributed by atoms with van der Waals surface area (Å²) in [4.78, 5) is 26.1. The summed E-state index contributed by atoms with van der Waals surface area (Å²) in [5, 5.41) is 7.12. The van der Waals surface area contributed by atoms with Crippen LogP contribution < -0.4 is 4.74 Å². The lowest BCUT2D eigenvalue weighted by atomic mass is 10.1. The first kappa shape index (κ1) is 21.7. The predicted octanol–water partition coefficient (Wildman–Crippen LogP) is 2.80. The smallest absolute Gasteiger partial charge is 0.490 e. The van der Waals surface area contributed by atoms with Crippen LogP contribution in [0.15, 0.2) is 36.9 Å². The Balaban J connectivity index is 0.000000345. The number of hydrogen-bond donors (Lipinski definition) is 1. The minimum atomic E-state index is -5.08. The molecule has 0 aliphatic carbocycles. The molecule has 154 valence electrons. The molecule has 0 aromatic heterocycles. The summed E-state index contributed by atoms with van der Waals surface area (Å²) in [6, 6.07) is 8.28. The summed E-state index contributed by atoms with van der Waals surface area (Å²) < 4.78 is 36.9.